The summed E-state index contributed by atoms with van der Waals surface area (Å²) in [6.45, 7) is 0. The maximum Gasteiger partial charge on any atom is 0.417 e. The zero-order valence-electron chi connectivity index (χ0n) is 12.7. The van der Waals surface area contributed by atoms with E-state index in [4.69, 9.17) is 11.6 Å². The van der Waals surface area contributed by atoms with E-state index in [1.165, 1.54) is 18.4 Å². The van der Waals surface area contributed by atoms with Gasteiger partial charge in [0, 0.05) is 6.20 Å². The van der Waals surface area contributed by atoms with Gasteiger partial charge >= 0.3 is 6.18 Å². The summed E-state index contributed by atoms with van der Waals surface area (Å²) in [6, 6.07) is 5.14. The van der Waals surface area contributed by atoms with Gasteiger partial charge in [0.25, 0.3) is 10.0 Å². The molecule has 26 heavy (non-hydrogen) atoms. The van der Waals surface area contributed by atoms with Gasteiger partial charge in [0.2, 0.25) is 0 Å². The molecular weight excluding hydrogens is 433 g/mol. The Bertz CT molecular complexity index is 1130. The van der Waals surface area contributed by atoms with E-state index >= 15 is 0 Å². The molecule has 138 valence electrons. The van der Waals surface area contributed by atoms with E-state index in [1.54, 1.807) is 6.07 Å². The molecule has 0 amide bonds. The van der Waals surface area contributed by atoms with Crippen molar-refractivity contribution in [1.82, 2.24) is 13.7 Å². The van der Waals surface area contributed by atoms with Gasteiger partial charge < -0.3 is 0 Å². The van der Waals surface area contributed by atoms with Crippen LogP contribution in [0.2, 0.25) is 5.02 Å². The van der Waals surface area contributed by atoms with Crippen LogP contribution in [0.3, 0.4) is 0 Å². The minimum Gasteiger partial charge on any atom is -0.247 e. The van der Waals surface area contributed by atoms with Gasteiger partial charge in [-0.05, 0) is 35.1 Å². The van der Waals surface area contributed by atoms with Crippen molar-refractivity contribution in [1.29, 1.82) is 0 Å². The van der Waals surface area contributed by atoms with E-state index in [2.05, 4.69) is 17.5 Å². The molecule has 0 aliphatic heterocycles. The third-order valence-electron chi connectivity index (χ3n) is 3.15. The van der Waals surface area contributed by atoms with Gasteiger partial charge in [0.15, 0.2) is 0 Å². The molecule has 0 saturated heterocycles. The molecule has 1 atom stereocenters. The molecule has 0 fully saturated rings. The summed E-state index contributed by atoms with van der Waals surface area (Å²) in [6.07, 6.45) is -2.60. The zero-order valence-corrected chi connectivity index (χ0v) is 15.9. The molecular formula is C13H8ClF3N4O2S3. The summed E-state index contributed by atoms with van der Waals surface area (Å²) < 4.78 is 74.9. The number of nitrogens with zero attached hydrogens (tertiary/aromatic N) is 4. The molecule has 0 saturated carbocycles. The first-order valence-electron chi connectivity index (χ1n) is 6.68. The first kappa shape index (κ1) is 19.1. The maximum absolute atomic E-state index is 12.7. The minimum atomic E-state index is -4.60. The van der Waals surface area contributed by atoms with Crippen LogP contribution in [0.25, 0.3) is 11.0 Å². The molecule has 13 heteroatoms. The fraction of sp³-hybridized carbons (Fsp3) is 0.154. The Labute approximate surface area is 157 Å². The molecule has 0 unspecified atom stereocenters. The highest BCUT2D eigenvalue weighted by Gasteiger charge is 2.32. The van der Waals surface area contributed by atoms with Gasteiger partial charge in [-0.15, -0.1) is 3.77 Å². The summed E-state index contributed by atoms with van der Waals surface area (Å²) in [5, 5.41) is -0.357. The van der Waals surface area contributed by atoms with Crippen LogP contribution in [-0.2, 0) is 26.9 Å². The monoisotopic (exact) mass is 440 g/mol. The summed E-state index contributed by atoms with van der Waals surface area (Å²) >= 11 is 6.71. The lowest BCUT2D eigenvalue weighted by molar-refractivity contribution is -0.137. The average Bonchev–Trinajstić information content (AvgIpc) is 3.01. The Hall–Kier alpha value is -1.63. The fourth-order valence-corrected chi connectivity index (χ4v) is 6.09. The van der Waals surface area contributed by atoms with Crippen LogP contribution in [0.4, 0.5) is 13.2 Å². The topological polar surface area (TPSA) is 85.2 Å². The standard InChI is InChI=1S/C13H8ClF3N4O2S3/c1-25(12-8(14)5-7(6-18-12)13(15,16)17)21-26(22,23)10-4-2-3-9-11(10)20-24-19-9/h2-6H,1H3/t25-/m0/s1. The van der Waals surface area contributed by atoms with Crippen LogP contribution in [-0.4, -0.2) is 28.4 Å². The van der Waals surface area contributed by atoms with Crippen LogP contribution in [0.5, 0.6) is 0 Å². The average molecular weight is 441 g/mol. The van der Waals surface area contributed by atoms with E-state index in [0.29, 0.717) is 17.8 Å². The molecule has 2 heterocycles. The van der Waals surface area contributed by atoms with Crippen LogP contribution >= 0.6 is 23.3 Å². The van der Waals surface area contributed by atoms with Gasteiger partial charge in [-0.25, -0.2) is 4.98 Å². The Morgan fingerprint density at radius 2 is 2.00 bits per heavy atom. The Balaban J connectivity index is 2.05. The molecule has 3 aromatic rings. The van der Waals surface area contributed by atoms with Crippen molar-refractivity contribution in [2.45, 2.75) is 16.1 Å². The van der Waals surface area contributed by atoms with Crippen LogP contribution < -0.4 is 0 Å². The molecule has 0 aliphatic rings. The van der Waals surface area contributed by atoms with E-state index in [1.807, 2.05) is 0 Å². The molecule has 0 bridgehead atoms. The molecule has 3 rings (SSSR count). The highest BCUT2D eigenvalue weighted by molar-refractivity contribution is 8.00. The predicted octanol–water partition coefficient (Wildman–Crippen LogP) is 3.94. The second kappa shape index (κ2) is 6.83. The number of fused-ring (bicyclic) bond motifs is 1. The number of sulfonamides is 1. The van der Waals surface area contributed by atoms with Gasteiger partial charge in [0.1, 0.15) is 21.0 Å². The molecule has 0 N–H and O–H groups in total. The van der Waals surface area contributed by atoms with Crippen molar-refractivity contribution < 1.29 is 21.6 Å². The second-order valence-electron chi connectivity index (χ2n) is 4.92. The van der Waals surface area contributed by atoms with Crippen molar-refractivity contribution in [3.8, 4) is 0 Å². The lowest BCUT2D eigenvalue weighted by Gasteiger charge is -2.09. The predicted molar refractivity (Wildman–Crippen MR) is 92.8 cm³/mol. The van der Waals surface area contributed by atoms with Crippen LogP contribution in [0.1, 0.15) is 5.56 Å². The zero-order chi connectivity index (χ0) is 19.1. The van der Waals surface area contributed by atoms with Crippen LogP contribution in [0, 0.1) is 0 Å². The van der Waals surface area contributed by atoms with Crippen LogP contribution in [0.15, 0.2) is 44.2 Å². The van der Waals surface area contributed by atoms with E-state index in [9.17, 15) is 21.6 Å². The summed E-state index contributed by atoms with van der Waals surface area (Å²) in [5.41, 5.74) is -0.429. The summed E-state index contributed by atoms with van der Waals surface area (Å²) in [4.78, 5) is 3.52. The number of halogens is 4. The van der Waals surface area contributed by atoms with Gasteiger partial charge in [0.05, 0.1) is 22.3 Å². The SMILES string of the molecule is C[S@](=NS(=O)(=O)c1cccc2nsnc12)c1ncc(C(F)(F)F)cc1Cl. The number of hydrogen-bond acceptors (Lipinski definition) is 6. The summed E-state index contributed by atoms with van der Waals surface area (Å²) in [7, 11) is -5.54. The summed E-state index contributed by atoms with van der Waals surface area (Å²) in [5.74, 6) is 0. The molecule has 0 aliphatic carbocycles. The smallest absolute Gasteiger partial charge is 0.247 e. The number of hydrogen-bond donors (Lipinski definition) is 0. The van der Waals surface area contributed by atoms with E-state index < -0.39 is 32.5 Å². The number of rotatable bonds is 3. The first-order valence-corrected chi connectivity index (χ1v) is 10.8. The van der Waals surface area contributed by atoms with E-state index in [-0.39, 0.29) is 20.5 Å². The minimum absolute atomic E-state index is 0.0492. The molecule has 1 aromatic carbocycles. The van der Waals surface area contributed by atoms with Crippen molar-refractivity contribution in [2.75, 3.05) is 6.26 Å². The third kappa shape index (κ3) is 3.72. The highest BCUT2D eigenvalue weighted by atomic mass is 35.5. The van der Waals surface area contributed by atoms with Gasteiger partial charge in [-0.2, -0.15) is 30.3 Å². The maximum atomic E-state index is 12.7. The van der Waals surface area contributed by atoms with Crippen molar-refractivity contribution in [3.05, 3.63) is 41.0 Å². The molecule has 6 nitrogen and oxygen atoms in total. The van der Waals surface area contributed by atoms with E-state index in [0.717, 1.165) is 11.7 Å². The van der Waals surface area contributed by atoms with Gasteiger partial charge in [-0.1, -0.05) is 17.7 Å². The Morgan fingerprint density at radius 3 is 2.65 bits per heavy atom. The van der Waals surface area contributed by atoms with Gasteiger partial charge in [-0.3, -0.25) is 0 Å². The lowest BCUT2D eigenvalue weighted by atomic mass is 10.3. The Kier molecular flexibility index (Phi) is 5.03. The van der Waals surface area contributed by atoms with Crippen molar-refractivity contribution >= 4 is 55.1 Å². The Morgan fingerprint density at radius 1 is 1.27 bits per heavy atom. The molecule has 0 spiro atoms. The number of benzene rings is 1. The van der Waals surface area contributed by atoms with Crippen molar-refractivity contribution in [3.63, 3.8) is 0 Å². The molecule has 0 radical (unpaired) electrons. The number of alkyl halides is 3. The molecule has 2 aromatic heterocycles. The quantitative estimate of drug-likeness (QED) is 0.615. The lowest BCUT2D eigenvalue weighted by Crippen LogP contribution is -2.07. The fourth-order valence-electron chi connectivity index (χ4n) is 2.01. The first-order chi connectivity index (χ1) is 12.1. The normalized spacial score (nSPS) is 14.0. The highest BCUT2D eigenvalue weighted by Crippen LogP contribution is 2.32. The second-order valence-corrected chi connectivity index (χ2v) is 9.19. The largest absolute Gasteiger partial charge is 0.417 e. The number of pyridine rings is 1. The third-order valence-corrected chi connectivity index (χ3v) is 7.54. The van der Waals surface area contributed by atoms with Crippen molar-refractivity contribution in [2.24, 2.45) is 3.77 Å². The number of aromatic nitrogens is 3.